The number of ether oxygens (including phenoxy) is 1. The summed E-state index contributed by atoms with van der Waals surface area (Å²) in [5, 5.41) is 9.30. The molecule has 0 aromatic carbocycles. The van der Waals surface area contributed by atoms with Crippen molar-refractivity contribution < 1.29 is 37.4 Å². The normalized spacial score (nSPS) is 42.7. The minimum atomic E-state index is -2.14. The first-order valence-corrected chi connectivity index (χ1v) is 13.5. The fourth-order valence-corrected chi connectivity index (χ4v) is 8.80. The maximum atomic E-state index is 17.3. The van der Waals surface area contributed by atoms with E-state index in [2.05, 4.69) is 4.98 Å². The number of aliphatic hydroxyl groups is 1. The van der Waals surface area contributed by atoms with Crippen molar-refractivity contribution in [2.45, 2.75) is 63.9 Å². The van der Waals surface area contributed by atoms with E-state index in [-0.39, 0.29) is 37.0 Å². The highest BCUT2D eigenvalue weighted by molar-refractivity contribution is 8.13. The van der Waals surface area contributed by atoms with Crippen molar-refractivity contribution in [1.29, 1.82) is 0 Å². The number of carbonyl (C=O) groups is 3. The van der Waals surface area contributed by atoms with Crippen molar-refractivity contribution in [2.24, 2.45) is 28.6 Å². The van der Waals surface area contributed by atoms with Crippen LogP contribution < -0.4 is 0 Å². The number of thioether (sulfide) groups is 1. The second-order valence-electron chi connectivity index (χ2n) is 11.2. The largest absolute Gasteiger partial charge is 0.508 e. The summed E-state index contributed by atoms with van der Waals surface area (Å²) in [7, 11) is 0. The molecule has 6 nitrogen and oxygen atoms in total. The number of hydrogen-bond acceptors (Lipinski definition) is 6. The van der Waals surface area contributed by atoms with E-state index in [9.17, 15) is 23.9 Å². The molecular weight excluding hydrogens is 507 g/mol. The number of fused-ring (bicyclic) bond motifs is 5. The number of ketones is 1. The summed E-state index contributed by atoms with van der Waals surface area (Å²) in [6.45, 7) is 4.86. The Labute approximate surface area is 217 Å². The molecular formula is C27H30F3NO5S. The molecule has 1 aromatic rings. The first-order chi connectivity index (χ1) is 17.4. The summed E-state index contributed by atoms with van der Waals surface area (Å²) in [4.78, 5) is 42.6. The standard InChI is InChI=1S/C27H30F3NO5S/c1-14-9-16-17-12-19(29)18-10-15(32)11-21(33)25(18,3)26(17,30)7-6-24(16,2)27(14,23(35)37-13-28)36-22(34)20-5-4-8-31-20/h4-5,8,10-11,14,16-17,19,31-32H,6-7,9,12-13H2,1-3H3/t14-,16+,17+,19+,24+,25-,26-,27+/m1/s1. The van der Waals surface area contributed by atoms with E-state index in [0.717, 1.165) is 12.2 Å². The van der Waals surface area contributed by atoms with Crippen LogP contribution in [-0.2, 0) is 14.3 Å². The number of aromatic amines is 1. The Balaban J connectivity index is 1.61. The molecule has 37 heavy (non-hydrogen) atoms. The molecule has 3 fully saturated rings. The summed E-state index contributed by atoms with van der Waals surface area (Å²) in [6.07, 6.45) is 1.82. The summed E-state index contributed by atoms with van der Waals surface area (Å²) in [5.74, 6) is -4.06. The lowest BCUT2D eigenvalue weighted by Gasteiger charge is -2.61. The van der Waals surface area contributed by atoms with Gasteiger partial charge in [0.05, 0.1) is 5.41 Å². The summed E-state index contributed by atoms with van der Waals surface area (Å²) < 4.78 is 52.4. The average Bonchev–Trinajstić information content (AvgIpc) is 3.45. The molecule has 0 spiro atoms. The van der Waals surface area contributed by atoms with Gasteiger partial charge in [-0.15, -0.1) is 0 Å². The molecule has 200 valence electrons. The molecule has 1 aromatic heterocycles. The molecule has 5 rings (SSSR count). The van der Waals surface area contributed by atoms with Gasteiger partial charge in [0.15, 0.2) is 11.4 Å². The van der Waals surface area contributed by atoms with E-state index < -0.39 is 74.7 Å². The zero-order valence-electron chi connectivity index (χ0n) is 20.9. The first-order valence-electron chi connectivity index (χ1n) is 12.5. The Kier molecular flexibility index (Phi) is 6.01. The van der Waals surface area contributed by atoms with E-state index in [4.69, 9.17) is 4.74 Å². The molecule has 0 bridgehead atoms. The molecule has 8 atom stereocenters. The van der Waals surface area contributed by atoms with Gasteiger partial charge in [0, 0.05) is 29.5 Å². The number of hydrogen-bond donors (Lipinski definition) is 2. The number of esters is 1. The quantitative estimate of drug-likeness (QED) is 0.487. The molecule has 0 amide bonds. The van der Waals surface area contributed by atoms with Crippen LogP contribution >= 0.6 is 11.8 Å². The van der Waals surface area contributed by atoms with Gasteiger partial charge in [-0.3, -0.25) is 9.59 Å². The van der Waals surface area contributed by atoms with Gasteiger partial charge in [0.2, 0.25) is 5.12 Å². The number of carbonyl (C=O) groups excluding carboxylic acids is 3. The second-order valence-corrected chi connectivity index (χ2v) is 12.1. The van der Waals surface area contributed by atoms with E-state index in [1.165, 1.54) is 19.2 Å². The number of aromatic nitrogens is 1. The van der Waals surface area contributed by atoms with Crippen LogP contribution in [-0.4, -0.2) is 50.4 Å². The third kappa shape index (κ3) is 3.23. The predicted octanol–water partition coefficient (Wildman–Crippen LogP) is 5.58. The summed E-state index contributed by atoms with van der Waals surface area (Å²) in [5.41, 5.74) is -6.79. The van der Waals surface area contributed by atoms with Gasteiger partial charge >= 0.3 is 5.97 Å². The van der Waals surface area contributed by atoms with Gasteiger partial charge in [-0.1, -0.05) is 13.8 Å². The topological polar surface area (TPSA) is 96.5 Å². The van der Waals surface area contributed by atoms with Crippen molar-refractivity contribution in [3.8, 4) is 0 Å². The summed E-state index contributed by atoms with van der Waals surface area (Å²) >= 11 is 0.412. The van der Waals surface area contributed by atoms with Crippen molar-refractivity contribution in [1.82, 2.24) is 4.98 Å². The number of halogens is 3. The monoisotopic (exact) mass is 537 g/mol. The van der Waals surface area contributed by atoms with Crippen LogP contribution in [0, 0.1) is 28.6 Å². The zero-order chi connectivity index (χ0) is 27.0. The van der Waals surface area contributed by atoms with Gasteiger partial charge in [-0.25, -0.2) is 18.0 Å². The summed E-state index contributed by atoms with van der Waals surface area (Å²) in [6, 6.07) is 2.08. The number of rotatable bonds is 4. The Bertz CT molecular complexity index is 1220. The van der Waals surface area contributed by atoms with Gasteiger partial charge in [-0.2, -0.15) is 0 Å². The minimum absolute atomic E-state index is 0.0639. The molecule has 2 N–H and O–H groups in total. The number of aliphatic hydroxyl groups excluding tert-OH is 1. The molecule has 0 aliphatic heterocycles. The first kappa shape index (κ1) is 26.1. The molecule has 3 saturated carbocycles. The number of alkyl halides is 3. The van der Waals surface area contributed by atoms with Crippen LogP contribution in [0.2, 0.25) is 0 Å². The zero-order valence-corrected chi connectivity index (χ0v) is 21.7. The smallest absolute Gasteiger partial charge is 0.355 e. The molecule has 0 saturated heterocycles. The molecule has 1 heterocycles. The Morgan fingerprint density at radius 2 is 1.95 bits per heavy atom. The number of nitrogens with one attached hydrogen (secondary N) is 1. The van der Waals surface area contributed by atoms with Crippen LogP contribution in [0.4, 0.5) is 13.2 Å². The number of allylic oxidation sites excluding steroid dienone is 3. The average molecular weight is 538 g/mol. The third-order valence-corrected chi connectivity index (χ3v) is 10.6. The van der Waals surface area contributed by atoms with Crippen LogP contribution in [0.1, 0.15) is 56.9 Å². The highest BCUT2D eigenvalue weighted by Crippen LogP contribution is 2.72. The van der Waals surface area contributed by atoms with E-state index in [0.29, 0.717) is 11.8 Å². The Morgan fingerprint density at radius 1 is 1.22 bits per heavy atom. The van der Waals surface area contributed by atoms with E-state index >= 15 is 8.78 Å². The van der Waals surface area contributed by atoms with E-state index in [1.807, 2.05) is 0 Å². The fraction of sp³-hybridized carbons (Fsp3) is 0.593. The van der Waals surface area contributed by atoms with Gasteiger partial charge in [0.25, 0.3) is 0 Å². The lowest BCUT2D eigenvalue weighted by atomic mass is 9.44. The predicted molar refractivity (Wildman–Crippen MR) is 131 cm³/mol. The number of H-pyrrole nitrogens is 1. The highest BCUT2D eigenvalue weighted by Gasteiger charge is 2.77. The molecule has 4 aliphatic rings. The maximum Gasteiger partial charge on any atom is 0.355 e. The lowest BCUT2D eigenvalue weighted by Crippen LogP contribution is -2.67. The maximum absolute atomic E-state index is 17.3. The highest BCUT2D eigenvalue weighted by atomic mass is 32.2. The molecule has 10 heteroatoms. The van der Waals surface area contributed by atoms with Crippen molar-refractivity contribution >= 4 is 28.6 Å². The van der Waals surface area contributed by atoms with Crippen LogP contribution in [0.5, 0.6) is 0 Å². The third-order valence-electron chi connectivity index (χ3n) is 9.89. The van der Waals surface area contributed by atoms with Crippen molar-refractivity contribution in [3.63, 3.8) is 0 Å². The lowest BCUT2D eigenvalue weighted by molar-refractivity contribution is -0.187. The second kappa shape index (κ2) is 8.51. The van der Waals surface area contributed by atoms with Gasteiger partial charge in [-0.05, 0) is 74.1 Å². The van der Waals surface area contributed by atoms with E-state index in [1.54, 1.807) is 19.9 Å². The fourth-order valence-electron chi connectivity index (χ4n) is 8.02. The van der Waals surface area contributed by atoms with Gasteiger partial charge in [0.1, 0.15) is 29.3 Å². The van der Waals surface area contributed by atoms with Crippen LogP contribution in [0.25, 0.3) is 0 Å². The Morgan fingerprint density at radius 3 is 2.59 bits per heavy atom. The van der Waals surface area contributed by atoms with Crippen molar-refractivity contribution in [3.05, 3.63) is 47.5 Å². The van der Waals surface area contributed by atoms with Crippen LogP contribution in [0.15, 0.2) is 41.8 Å². The molecule has 4 aliphatic carbocycles. The Hall–Kier alpha value is -2.49. The molecule has 0 radical (unpaired) electrons. The van der Waals surface area contributed by atoms with Crippen molar-refractivity contribution in [2.75, 3.05) is 6.01 Å². The molecule has 0 unspecified atom stereocenters. The SMILES string of the molecule is C[C@@H]1C[C@H]2[C@@H]3C[C@H](F)C4=CC(O)=CC(=O)[C@]4(C)[C@@]3(F)CC[C@]2(C)[C@@]1(OC(=O)c1ccc[nH]1)C(=O)SCF. The minimum Gasteiger partial charge on any atom is -0.508 e. The van der Waals surface area contributed by atoms with Crippen LogP contribution in [0.3, 0.4) is 0 Å². The van der Waals surface area contributed by atoms with Gasteiger partial charge < -0.3 is 14.8 Å².